The van der Waals surface area contributed by atoms with Crippen LogP contribution in [0.15, 0.2) is 18.5 Å². The number of nitrogens with zero attached hydrogens (tertiary/aromatic N) is 1. The molecule has 0 radical (unpaired) electrons. The van der Waals surface area contributed by atoms with Crippen molar-refractivity contribution in [3.05, 3.63) is 29.0 Å². The standard InChI is InChI=1S/C13H19ClN2O2S/c1-19(17,18)10-4-2-3-9(7-10)13(15)11-5-6-16-8-12(11)14/h5-6,8-10,13H,2-4,7,15H2,1H3. The van der Waals surface area contributed by atoms with E-state index in [2.05, 4.69) is 4.98 Å². The molecule has 0 aromatic carbocycles. The quantitative estimate of drug-likeness (QED) is 0.930. The van der Waals surface area contributed by atoms with Gasteiger partial charge in [-0.25, -0.2) is 8.42 Å². The maximum Gasteiger partial charge on any atom is 0.150 e. The Morgan fingerprint density at radius 3 is 2.84 bits per heavy atom. The van der Waals surface area contributed by atoms with E-state index < -0.39 is 9.84 Å². The maximum absolute atomic E-state index is 11.7. The summed E-state index contributed by atoms with van der Waals surface area (Å²) in [4.78, 5) is 3.94. The Morgan fingerprint density at radius 2 is 2.21 bits per heavy atom. The van der Waals surface area contributed by atoms with Gasteiger partial charge in [0.05, 0.1) is 10.3 Å². The molecule has 2 rings (SSSR count). The molecule has 1 aromatic rings. The summed E-state index contributed by atoms with van der Waals surface area (Å²) in [5.41, 5.74) is 7.13. The molecule has 19 heavy (non-hydrogen) atoms. The lowest BCUT2D eigenvalue weighted by Crippen LogP contribution is -2.33. The summed E-state index contributed by atoms with van der Waals surface area (Å²) >= 11 is 6.10. The number of rotatable bonds is 3. The monoisotopic (exact) mass is 302 g/mol. The molecule has 6 heteroatoms. The third-order valence-electron chi connectivity index (χ3n) is 3.94. The Hall–Kier alpha value is -0.650. The molecular formula is C13H19ClN2O2S. The second-order valence-electron chi connectivity index (χ2n) is 5.30. The fourth-order valence-corrected chi connectivity index (χ4v) is 4.24. The molecule has 1 aliphatic carbocycles. The molecule has 0 bridgehead atoms. The highest BCUT2D eigenvalue weighted by atomic mass is 35.5. The Balaban J connectivity index is 2.16. The summed E-state index contributed by atoms with van der Waals surface area (Å²) in [5.74, 6) is 0.161. The smallest absolute Gasteiger partial charge is 0.150 e. The molecule has 1 aromatic heterocycles. The van der Waals surface area contributed by atoms with Crippen molar-refractivity contribution in [1.29, 1.82) is 0 Å². The number of sulfone groups is 1. The summed E-state index contributed by atoms with van der Waals surface area (Å²) < 4.78 is 23.4. The Bertz CT molecular complexity index is 547. The van der Waals surface area contributed by atoms with Crippen molar-refractivity contribution in [2.24, 2.45) is 11.7 Å². The highest BCUT2D eigenvalue weighted by Gasteiger charge is 2.32. The van der Waals surface area contributed by atoms with Crippen LogP contribution in [-0.2, 0) is 9.84 Å². The molecule has 0 aliphatic heterocycles. The van der Waals surface area contributed by atoms with Crippen LogP contribution in [0, 0.1) is 5.92 Å². The van der Waals surface area contributed by atoms with Crippen molar-refractivity contribution in [1.82, 2.24) is 4.98 Å². The highest BCUT2D eigenvalue weighted by Crippen LogP contribution is 2.37. The van der Waals surface area contributed by atoms with E-state index in [4.69, 9.17) is 17.3 Å². The van der Waals surface area contributed by atoms with Crippen molar-refractivity contribution in [2.45, 2.75) is 37.0 Å². The average molecular weight is 303 g/mol. The van der Waals surface area contributed by atoms with Crippen LogP contribution in [-0.4, -0.2) is 24.9 Å². The zero-order valence-corrected chi connectivity index (χ0v) is 12.5. The number of pyridine rings is 1. The molecule has 3 unspecified atom stereocenters. The van der Waals surface area contributed by atoms with E-state index in [1.165, 1.54) is 6.26 Å². The zero-order valence-electron chi connectivity index (χ0n) is 10.9. The van der Waals surface area contributed by atoms with E-state index >= 15 is 0 Å². The van der Waals surface area contributed by atoms with Gasteiger partial charge < -0.3 is 5.73 Å². The molecule has 0 spiro atoms. The normalized spacial score (nSPS) is 26.1. The number of aromatic nitrogens is 1. The molecule has 1 heterocycles. The van der Waals surface area contributed by atoms with Gasteiger partial charge in [0.1, 0.15) is 9.84 Å². The van der Waals surface area contributed by atoms with Gasteiger partial charge in [-0.2, -0.15) is 0 Å². The van der Waals surface area contributed by atoms with Crippen LogP contribution in [0.5, 0.6) is 0 Å². The van der Waals surface area contributed by atoms with E-state index in [9.17, 15) is 8.42 Å². The Morgan fingerprint density at radius 1 is 1.47 bits per heavy atom. The summed E-state index contributed by atoms with van der Waals surface area (Å²) in [6.07, 6.45) is 7.77. The van der Waals surface area contributed by atoms with Gasteiger partial charge in [-0.15, -0.1) is 0 Å². The van der Waals surface area contributed by atoms with Gasteiger partial charge in [-0.05, 0) is 36.8 Å². The molecule has 4 nitrogen and oxygen atoms in total. The van der Waals surface area contributed by atoms with Crippen molar-refractivity contribution in [3.8, 4) is 0 Å². The summed E-state index contributed by atoms with van der Waals surface area (Å²) in [7, 11) is -2.99. The topological polar surface area (TPSA) is 73.0 Å². The van der Waals surface area contributed by atoms with Gasteiger partial charge in [0.15, 0.2) is 0 Å². The second-order valence-corrected chi connectivity index (χ2v) is 8.03. The van der Waals surface area contributed by atoms with Crippen LogP contribution in [0.4, 0.5) is 0 Å². The number of halogens is 1. The van der Waals surface area contributed by atoms with Crippen molar-refractivity contribution in [3.63, 3.8) is 0 Å². The third kappa shape index (κ3) is 3.46. The summed E-state index contributed by atoms with van der Waals surface area (Å²) in [5, 5.41) is 0.286. The molecule has 2 N–H and O–H groups in total. The van der Waals surface area contributed by atoms with Gasteiger partial charge in [0.25, 0.3) is 0 Å². The molecule has 3 atom stereocenters. The van der Waals surface area contributed by atoms with Crippen LogP contribution in [0.25, 0.3) is 0 Å². The Kier molecular flexibility index (Phi) is 4.48. The summed E-state index contributed by atoms with van der Waals surface area (Å²) in [6, 6.07) is 1.59. The highest BCUT2D eigenvalue weighted by molar-refractivity contribution is 7.91. The number of nitrogens with two attached hydrogens (primary N) is 1. The fraction of sp³-hybridized carbons (Fsp3) is 0.615. The second kappa shape index (κ2) is 5.77. The lowest BCUT2D eigenvalue weighted by molar-refractivity contribution is 0.309. The van der Waals surface area contributed by atoms with E-state index in [1.54, 1.807) is 12.4 Å². The van der Waals surface area contributed by atoms with Gasteiger partial charge in [-0.3, -0.25) is 4.98 Å². The van der Waals surface area contributed by atoms with Crippen LogP contribution in [0.1, 0.15) is 37.3 Å². The number of hydrogen-bond acceptors (Lipinski definition) is 4. The molecule has 0 amide bonds. The van der Waals surface area contributed by atoms with Crippen LogP contribution in [0.3, 0.4) is 0 Å². The van der Waals surface area contributed by atoms with Gasteiger partial charge in [0.2, 0.25) is 0 Å². The van der Waals surface area contributed by atoms with Crippen molar-refractivity contribution < 1.29 is 8.42 Å². The van der Waals surface area contributed by atoms with E-state index in [1.807, 2.05) is 6.07 Å². The van der Waals surface area contributed by atoms with E-state index in [-0.39, 0.29) is 17.2 Å². The SMILES string of the molecule is CS(=O)(=O)C1CCCC(C(N)c2ccncc2Cl)C1. The predicted molar refractivity (Wildman–Crippen MR) is 76.8 cm³/mol. The van der Waals surface area contributed by atoms with Gasteiger partial charge in [0, 0.05) is 24.7 Å². The van der Waals surface area contributed by atoms with E-state index in [0.717, 1.165) is 24.8 Å². The molecule has 0 saturated heterocycles. The zero-order chi connectivity index (χ0) is 14.0. The van der Waals surface area contributed by atoms with Crippen LogP contribution >= 0.6 is 11.6 Å². The van der Waals surface area contributed by atoms with E-state index in [0.29, 0.717) is 11.4 Å². The fourth-order valence-electron chi connectivity index (χ4n) is 2.81. The summed E-state index contributed by atoms with van der Waals surface area (Å²) in [6.45, 7) is 0. The molecular weight excluding hydrogens is 284 g/mol. The molecule has 106 valence electrons. The number of hydrogen-bond donors (Lipinski definition) is 1. The van der Waals surface area contributed by atoms with Crippen LogP contribution in [0.2, 0.25) is 5.02 Å². The maximum atomic E-state index is 11.7. The first kappa shape index (κ1) is 14.8. The largest absolute Gasteiger partial charge is 0.324 e. The predicted octanol–water partition coefficient (Wildman–Crippen LogP) is 2.34. The first-order valence-electron chi connectivity index (χ1n) is 6.43. The van der Waals surface area contributed by atoms with Gasteiger partial charge in [-0.1, -0.05) is 18.0 Å². The third-order valence-corrected chi connectivity index (χ3v) is 5.90. The minimum atomic E-state index is -2.99. The molecule has 1 saturated carbocycles. The minimum absolute atomic E-state index is 0.161. The van der Waals surface area contributed by atoms with Crippen LogP contribution < -0.4 is 5.73 Å². The van der Waals surface area contributed by atoms with Crippen molar-refractivity contribution in [2.75, 3.05) is 6.26 Å². The first-order valence-corrected chi connectivity index (χ1v) is 8.76. The minimum Gasteiger partial charge on any atom is -0.324 e. The average Bonchev–Trinajstić information content (AvgIpc) is 2.38. The van der Waals surface area contributed by atoms with Crippen molar-refractivity contribution >= 4 is 21.4 Å². The lowest BCUT2D eigenvalue weighted by Gasteiger charge is -2.32. The molecule has 1 fully saturated rings. The Labute approximate surface area is 119 Å². The first-order chi connectivity index (χ1) is 8.89. The van der Waals surface area contributed by atoms with Gasteiger partial charge >= 0.3 is 0 Å². The molecule has 1 aliphatic rings. The lowest BCUT2D eigenvalue weighted by atomic mass is 9.81.